The maximum absolute atomic E-state index is 5.59. The molecule has 4 rings (SSSR count). The largest absolute Gasteiger partial charge is 0.383 e. The average molecular weight is 344 g/mol. The molecule has 0 saturated carbocycles. The first kappa shape index (κ1) is 17.5. The van der Waals surface area contributed by atoms with Crippen molar-refractivity contribution in [1.29, 1.82) is 0 Å². The Balaban J connectivity index is 1.56. The normalized spacial score (nSPS) is 26.9. The zero-order valence-electron chi connectivity index (χ0n) is 15.8. The fourth-order valence-corrected chi connectivity index (χ4v) is 5.12. The quantitative estimate of drug-likeness (QED) is 0.838. The van der Waals surface area contributed by atoms with Crippen molar-refractivity contribution in [3.8, 4) is 0 Å². The molecule has 2 saturated heterocycles. The van der Waals surface area contributed by atoms with Gasteiger partial charge in [-0.15, -0.1) is 0 Å². The molecule has 2 aliphatic heterocycles. The Morgan fingerprint density at radius 1 is 1.16 bits per heavy atom. The molecule has 0 unspecified atom stereocenters. The minimum Gasteiger partial charge on any atom is -0.383 e. The number of aryl methyl sites for hydroxylation is 1. The molecule has 0 radical (unpaired) electrons. The molecule has 2 heterocycles. The minimum atomic E-state index is 0.383. The summed E-state index contributed by atoms with van der Waals surface area (Å²) in [6, 6.07) is 7.79. The van der Waals surface area contributed by atoms with Crippen molar-refractivity contribution in [3.63, 3.8) is 0 Å². The van der Waals surface area contributed by atoms with Gasteiger partial charge in [0.1, 0.15) is 0 Å². The van der Waals surface area contributed by atoms with Gasteiger partial charge in [-0.2, -0.15) is 0 Å². The first-order valence-electron chi connectivity index (χ1n) is 9.86. The Hall–Kier alpha value is -0.940. The first-order chi connectivity index (χ1) is 12.2. The number of ether oxygens (including phenoxy) is 2. The molecular weight excluding hydrogens is 312 g/mol. The molecule has 1 atom stereocenters. The highest BCUT2D eigenvalue weighted by molar-refractivity contribution is 5.45. The summed E-state index contributed by atoms with van der Waals surface area (Å²) in [5.74, 6) is 0. The molecule has 0 N–H and O–H groups in total. The van der Waals surface area contributed by atoms with Gasteiger partial charge in [-0.05, 0) is 55.8 Å². The van der Waals surface area contributed by atoms with Crippen LogP contribution >= 0.6 is 0 Å². The average Bonchev–Trinajstić information content (AvgIpc) is 2.96. The number of morpholine rings is 1. The molecule has 4 nitrogen and oxygen atoms in total. The number of rotatable bonds is 4. The zero-order chi connectivity index (χ0) is 17.3. The maximum Gasteiger partial charge on any atom is 0.0594 e. The Morgan fingerprint density at radius 3 is 2.64 bits per heavy atom. The van der Waals surface area contributed by atoms with E-state index in [4.69, 9.17) is 9.47 Å². The van der Waals surface area contributed by atoms with Crippen molar-refractivity contribution >= 4 is 0 Å². The second-order valence-electron chi connectivity index (χ2n) is 8.07. The van der Waals surface area contributed by atoms with Crippen LogP contribution in [0.3, 0.4) is 0 Å². The zero-order valence-corrected chi connectivity index (χ0v) is 15.8. The Kier molecular flexibility index (Phi) is 5.14. The molecule has 25 heavy (non-hydrogen) atoms. The smallest absolute Gasteiger partial charge is 0.0594 e. The summed E-state index contributed by atoms with van der Waals surface area (Å²) in [5, 5.41) is 0. The lowest BCUT2D eigenvalue weighted by Crippen LogP contribution is -2.44. The minimum absolute atomic E-state index is 0.383. The molecule has 1 aromatic carbocycles. The standard InChI is InChI=1S/C21H32N2O2/c1-17-3-4-18-19(15-17)21(5-7-22(8-6-21)9-12-24-2)16-20(18)23-10-13-25-14-11-23/h3-4,15,20H,5-14,16H2,1-2H3/t20-/m1/s1. The number of likely N-dealkylation sites (tertiary alicyclic amines) is 1. The van der Waals surface area contributed by atoms with Crippen LogP contribution in [0.25, 0.3) is 0 Å². The molecule has 1 aromatic rings. The number of piperidine rings is 1. The topological polar surface area (TPSA) is 24.9 Å². The number of fused-ring (bicyclic) bond motifs is 2. The van der Waals surface area contributed by atoms with Gasteiger partial charge in [-0.25, -0.2) is 0 Å². The van der Waals surface area contributed by atoms with Crippen LogP contribution in [-0.2, 0) is 14.9 Å². The van der Waals surface area contributed by atoms with Crippen molar-refractivity contribution < 1.29 is 9.47 Å². The molecule has 4 heteroatoms. The molecule has 1 aliphatic carbocycles. The van der Waals surface area contributed by atoms with E-state index in [9.17, 15) is 0 Å². The van der Waals surface area contributed by atoms with E-state index >= 15 is 0 Å². The van der Waals surface area contributed by atoms with Gasteiger partial charge < -0.3 is 14.4 Å². The van der Waals surface area contributed by atoms with E-state index in [-0.39, 0.29) is 0 Å². The molecule has 0 amide bonds. The van der Waals surface area contributed by atoms with Crippen LogP contribution < -0.4 is 0 Å². The van der Waals surface area contributed by atoms with Crippen LogP contribution in [0, 0.1) is 6.92 Å². The van der Waals surface area contributed by atoms with Gasteiger partial charge >= 0.3 is 0 Å². The second-order valence-corrected chi connectivity index (χ2v) is 8.07. The number of benzene rings is 1. The summed E-state index contributed by atoms with van der Waals surface area (Å²) < 4.78 is 10.9. The third kappa shape index (κ3) is 3.37. The van der Waals surface area contributed by atoms with Gasteiger partial charge in [-0.1, -0.05) is 23.8 Å². The Morgan fingerprint density at radius 2 is 1.92 bits per heavy atom. The number of methoxy groups -OCH3 is 1. The van der Waals surface area contributed by atoms with E-state index in [0.29, 0.717) is 11.5 Å². The van der Waals surface area contributed by atoms with Gasteiger partial charge in [0.05, 0.1) is 19.8 Å². The monoisotopic (exact) mass is 344 g/mol. The maximum atomic E-state index is 5.59. The SMILES string of the molecule is COCCN1CCC2(CC1)C[C@@H](N1CCOCC1)c1ccc(C)cc12. The summed E-state index contributed by atoms with van der Waals surface area (Å²) in [7, 11) is 1.80. The third-order valence-corrected chi connectivity index (χ3v) is 6.63. The number of hydrogen-bond acceptors (Lipinski definition) is 4. The molecule has 3 aliphatic rings. The Bertz CT molecular complexity index is 590. The highest BCUT2D eigenvalue weighted by Gasteiger charge is 2.47. The fraction of sp³-hybridized carbons (Fsp3) is 0.714. The van der Waals surface area contributed by atoms with Gasteiger partial charge in [0, 0.05) is 32.8 Å². The van der Waals surface area contributed by atoms with Crippen molar-refractivity contribution in [2.75, 3.05) is 59.7 Å². The summed E-state index contributed by atoms with van der Waals surface area (Å²) in [6.07, 6.45) is 3.87. The van der Waals surface area contributed by atoms with E-state index in [1.54, 1.807) is 18.2 Å². The van der Waals surface area contributed by atoms with Crippen LogP contribution in [0.15, 0.2) is 18.2 Å². The highest BCUT2D eigenvalue weighted by Crippen LogP contribution is 2.53. The van der Waals surface area contributed by atoms with Gasteiger partial charge in [0.25, 0.3) is 0 Å². The van der Waals surface area contributed by atoms with E-state index < -0.39 is 0 Å². The van der Waals surface area contributed by atoms with E-state index in [2.05, 4.69) is 34.9 Å². The molecule has 138 valence electrons. The Labute approximate surface area is 152 Å². The lowest BCUT2D eigenvalue weighted by atomic mass is 9.73. The molecule has 2 fully saturated rings. The van der Waals surface area contributed by atoms with E-state index in [1.807, 2.05) is 0 Å². The van der Waals surface area contributed by atoms with Crippen molar-refractivity contribution in [1.82, 2.24) is 9.80 Å². The van der Waals surface area contributed by atoms with Crippen molar-refractivity contribution in [2.24, 2.45) is 0 Å². The summed E-state index contributed by atoms with van der Waals surface area (Å²) >= 11 is 0. The van der Waals surface area contributed by atoms with Gasteiger partial charge in [0.15, 0.2) is 0 Å². The summed E-state index contributed by atoms with van der Waals surface area (Å²) in [6.45, 7) is 10.5. The predicted molar refractivity (Wildman–Crippen MR) is 100 cm³/mol. The molecule has 0 bridgehead atoms. The molecule has 1 spiro atoms. The van der Waals surface area contributed by atoms with Crippen molar-refractivity contribution in [3.05, 3.63) is 34.9 Å². The fourth-order valence-electron chi connectivity index (χ4n) is 5.12. The summed E-state index contributed by atoms with van der Waals surface area (Å²) in [5.41, 5.74) is 5.03. The lowest BCUT2D eigenvalue weighted by Gasteiger charge is -2.41. The van der Waals surface area contributed by atoms with Crippen LogP contribution in [0.1, 0.15) is 42.0 Å². The number of hydrogen-bond donors (Lipinski definition) is 0. The van der Waals surface area contributed by atoms with Gasteiger partial charge in [0.2, 0.25) is 0 Å². The van der Waals surface area contributed by atoms with E-state index in [1.165, 1.54) is 37.9 Å². The first-order valence-corrected chi connectivity index (χ1v) is 9.86. The van der Waals surface area contributed by atoms with Crippen LogP contribution in [0.5, 0.6) is 0 Å². The molecule has 0 aromatic heterocycles. The predicted octanol–water partition coefficient (Wildman–Crippen LogP) is 2.75. The van der Waals surface area contributed by atoms with Crippen molar-refractivity contribution in [2.45, 2.75) is 37.6 Å². The van der Waals surface area contributed by atoms with Gasteiger partial charge in [-0.3, -0.25) is 4.90 Å². The lowest BCUT2D eigenvalue weighted by molar-refractivity contribution is 0.0100. The number of nitrogens with zero attached hydrogens (tertiary/aromatic N) is 2. The summed E-state index contributed by atoms with van der Waals surface area (Å²) in [4.78, 5) is 5.25. The highest BCUT2D eigenvalue weighted by atomic mass is 16.5. The van der Waals surface area contributed by atoms with Crippen LogP contribution in [0.2, 0.25) is 0 Å². The molecular formula is C21H32N2O2. The third-order valence-electron chi connectivity index (χ3n) is 6.63. The second kappa shape index (κ2) is 7.36. The van der Waals surface area contributed by atoms with Crippen LogP contribution in [0.4, 0.5) is 0 Å². The van der Waals surface area contributed by atoms with Crippen LogP contribution in [-0.4, -0.2) is 69.5 Å². The van der Waals surface area contributed by atoms with E-state index in [0.717, 1.165) is 39.5 Å².